The van der Waals surface area contributed by atoms with E-state index in [1.807, 2.05) is 42.1 Å². The second-order valence-corrected chi connectivity index (χ2v) is 6.81. The number of hydrogen-bond acceptors (Lipinski definition) is 5. The van der Waals surface area contributed by atoms with Gasteiger partial charge >= 0.3 is 0 Å². The number of rotatable bonds is 10. The average Bonchev–Trinajstić information content (AvgIpc) is 3.30. The SMILES string of the molecule is CCNC(=O)COc1ccc(CNC(=O)c2ccc(Cn3cccn3)cc2)cc1OC. The van der Waals surface area contributed by atoms with Gasteiger partial charge in [-0.1, -0.05) is 18.2 Å². The summed E-state index contributed by atoms with van der Waals surface area (Å²) in [5, 5.41) is 9.75. The predicted octanol–water partition coefficient (Wildman–Crippen LogP) is 2.38. The third-order valence-electron chi connectivity index (χ3n) is 4.53. The van der Waals surface area contributed by atoms with Gasteiger partial charge in [-0.15, -0.1) is 0 Å². The molecule has 2 N–H and O–H groups in total. The van der Waals surface area contributed by atoms with Crippen molar-refractivity contribution in [2.45, 2.75) is 20.0 Å². The molecule has 0 radical (unpaired) electrons. The largest absolute Gasteiger partial charge is 0.493 e. The van der Waals surface area contributed by atoms with Crippen molar-refractivity contribution in [1.82, 2.24) is 20.4 Å². The molecule has 0 aliphatic carbocycles. The summed E-state index contributed by atoms with van der Waals surface area (Å²) in [5.41, 5.74) is 2.50. The first-order chi connectivity index (χ1) is 15.1. The highest BCUT2D eigenvalue weighted by molar-refractivity contribution is 5.94. The minimum Gasteiger partial charge on any atom is -0.493 e. The van der Waals surface area contributed by atoms with E-state index in [9.17, 15) is 9.59 Å². The zero-order chi connectivity index (χ0) is 22.1. The van der Waals surface area contributed by atoms with E-state index >= 15 is 0 Å². The van der Waals surface area contributed by atoms with Crippen LogP contribution in [0, 0.1) is 0 Å². The second kappa shape index (κ2) is 10.8. The molecule has 0 aliphatic rings. The second-order valence-electron chi connectivity index (χ2n) is 6.81. The Morgan fingerprint density at radius 3 is 2.48 bits per heavy atom. The van der Waals surface area contributed by atoms with E-state index in [1.165, 1.54) is 7.11 Å². The van der Waals surface area contributed by atoms with Gasteiger partial charge in [0.2, 0.25) is 0 Å². The Balaban J connectivity index is 1.55. The van der Waals surface area contributed by atoms with E-state index in [4.69, 9.17) is 9.47 Å². The molecule has 0 fully saturated rings. The number of ether oxygens (including phenoxy) is 2. The monoisotopic (exact) mass is 422 g/mol. The van der Waals surface area contributed by atoms with Gasteiger partial charge in [0.05, 0.1) is 13.7 Å². The third-order valence-corrected chi connectivity index (χ3v) is 4.53. The molecule has 2 amide bonds. The lowest BCUT2D eigenvalue weighted by Gasteiger charge is -2.12. The van der Waals surface area contributed by atoms with Gasteiger partial charge in [-0.05, 0) is 48.4 Å². The molecule has 3 rings (SSSR count). The number of methoxy groups -OCH3 is 1. The van der Waals surface area contributed by atoms with Gasteiger partial charge in [-0.3, -0.25) is 14.3 Å². The zero-order valence-corrected chi connectivity index (χ0v) is 17.6. The molecule has 162 valence electrons. The van der Waals surface area contributed by atoms with Crippen molar-refractivity contribution < 1.29 is 19.1 Å². The smallest absolute Gasteiger partial charge is 0.257 e. The summed E-state index contributed by atoms with van der Waals surface area (Å²) in [6, 6.07) is 14.6. The minimum absolute atomic E-state index is 0.0866. The lowest BCUT2D eigenvalue weighted by atomic mass is 10.1. The quantitative estimate of drug-likeness (QED) is 0.523. The van der Waals surface area contributed by atoms with Crippen LogP contribution >= 0.6 is 0 Å². The summed E-state index contributed by atoms with van der Waals surface area (Å²) in [6.07, 6.45) is 3.63. The van der Waals surface area contributed by atoms with E-state index in [2.05, 4.69) is 15.7 Å². The summed E-state index contributed by atoms with van der Waals surface area (Å²) >= 11 is 0. The van der Waals surface area contributed by atoms with Crippen LogP contribution in [0.2, 0.25) is 0 Å². The molecule has 3 aromatic rings. The van der Waals surface area contributed by atoms with Crippen LogP contribution < -0.4 is 20.1 Å². The third kappa shape index (κ3) is 6.33. The molecule has 0 spiro atoms. The van der Waals surface area contributed by atoms with Crippen LogP contribution in [0.25, 0.3) is 0 Å². The molecule has 1 heterocycles. The Morgan fingerprint density at radius 2 is 1.81 bits per heavy atom. The molecule has 0 atom stereocenters. The van der Waals surface area contributed by atoms with Crippen molar-refractivity contribution in [3.05, 3.63) is 77.6 Å². The van der Waals surface area contributed by atoms with Crippen molar-refractivity contribution >= 4 is 11.8 Å². The number of hydrogen-bond donors (Lipinski definition) is 2. The Hall–Kier alpha value is -3.81. The van der Waals surface area contributed by atoms with Crippen LogP contribution in [0.15, 0.2) is 60.9 Å². The van der Waals surface area contributed by atoms with Crippen molar-refractivity contribution in [1.29, 1.82) is 0 Å². The minimum atomic E-state index is -0.198. The van der Waals surface area contributed by atoms with Crippen molar-refractivity contribution in [2.24, 2.45) is 0 Å². The molecule has 0 bridgehead atoms. The molecular formula is C23H26N4O4. The van der Waals surface area contributed by atoms with E-state index in [0.717, 1.165) is 11.1 Å². The fourth-order valence-corrected chi connectivity index (χ4v) is 2.96. The van der Waals surface area contributed by atoms with Gasteiger partial charge in [-0.25, -0.2) is 0 Å². The first-order valence-corrected chi connectivity index (χ1v) is 10.00. The molecule has 0 unspecified atom stereocenters. The summed E-state index contributed by atoms with van der Waals surface area (Å²) in [7, 11) is 1.53. The number of carbonyl (C=O) groups excluding carboxylic acids is 2. The van der Waals surface area contributed by atoms with Gasteiger partial charge in [0.1, 0.15) is 0 Å². The normalized spacial score (nSPS) is 10.4. The van der Waals surface area contributed by atoms with E-state index in [1.54, 1.807) is 30.5 Å². The van der Waals surface area contributed by atoms with Crippen molar-refractivity contribution in [2.75, 3.05) is 20.3 Å². The number of likely N-dealkylation sites (N-methyl/N-ethyl adjacent to an activating group) is 1. The van der Waals surface area contributed by atoms with Crippen LogP contribution in [0.3, 0.4) is 0 Å². The van der Waals surface area contributed by atoms with Gasteiger partial charge < -0.3 is 20.1 Å². The standard InChI is InChI=1S/C23H26N4O4/c1-3-24-22(28)16-31-20-10-7-18(13-21(20)30-2)14-25-23(29)19-8-5-17(6-9-19)15-27-12-4-11-26-27/h4-13H,3,14-16H2,1-2H3,(H,24,28)(H,25,29). The van der Waals surface area contributed by atoms with Crippen LogP contribution in [-0.2, 0) is 17.9 Å². The molecule has 2 aromatic carbocycles. The summed E-state index contributed by atoms with van der Waals surface area (Å²) in [6.45, 7) is 3.29. The highest BCUT2D eigenvalue weighted by Gasteiger charge is 2.10. The molecule has 0 saturated heterocycles. The lowest BCUT2D eigenvalue weighted by Crippen LogP contribution is -2.28. The number of carbonyl (C=O) groups is 2. The number of nitrogens with one attached hydrogen (secondary N) is 2. The van der Waals surface area contributed by atoms with Gasteiger partial charge in [-0.2, -0.15) is 5.10 Å². The first-order valence-electron chi connectivity index (χ1n) is 10.00. The number of aromatic nitrogens is 2. The van der Waals surface area contributed by atoms with Crippen molar-refractivity contribution in [3.8, 4) is 11.5 Å². The van der Waals surface area contributed by atoms with Crippen LogP contribution in [0.1, 0.15) is 28.4 Å². The summed E-state index contributed by atoms with van der Waals surface area (Å²) in [4.78, 5) is 24.0. The average molecular weight is 422 g/mol. The lowest BCUT2D eigenvalue weighted by molar-refractivity contribution is -0.123. The fraction of sp³-hybridized carbons (Fsp3) is 0.261. The van der Waals surface area contributed by atoms with E-state index in [-0.39, 0.29) is 18.4 Å². The van der Waals surface area contributed by atoms with Gasteiger partial charge in [0.15, 0.2) is 18.1 Å². The maximum absolute atomic E-state index is 12.5. The van der Waals surface area contributed by atoms with Crippen LogP contribution in [0.5, 0.6) is 11.5 Å². The molecule has 31 heavy (non-hydrogen) atoms. The Morgan fingerprint density at radius 1 is 1.03 bits per heavy atom. The zero-order valence-electron chi connectivity index (χ0n) is 17.6. The molecule has 0 saturated carbocycles. The summed E-state index contributed by atoms with van der Waals surface area (Å²) in [5.74, 6) is 0.605. The van der Waals surface area contributed by atoms with E-state index < -0.39 is 0 Å². The Bertz CT molecular complexity index is 1000. The summed E-state index contributed by atoms with van der Waals surface area (Å²) < 4.78 is 12.7. The fourth-order valence-electron chi connectivity index (χ4n) is 2.96. The highest BCUT2D eigenvalue weighted by Crippen LogP contribution is 2.28. The van der Waals surface area contributed by atoms with E-state index in [0.29, 0.717) is 36.7 Å². The molecule has 8 nitrogen and oxygen atoms in total. The molecule has 0 aliphatic heterocycles. The van der Waals surface area contributed by atoms with Crippen LogP contribution in [-0.4, -0.2) is 41.9 Å². The molecular weight excluding hydrogens is 396 g/mol. The Labute approximate surface area is 181 Å². The van der Waals surface area contributed by atoms with Gasteiger partial charge in [0, 0.05) is 31.0 Å². The first kappa shape index (κ1) is 21.9. The molecule has 8 heteroatoms. The topological polar surface area (TPSA) is 94.5 Å². The number of amides is 2. The maximum Gasteiger partial charge on any atom is 0.257 e. The Kier molecular flexibility index (Phi) is 7.64. The number of nitrogens with zero attached hydrogens (tertiary/aromatic N) is 2. The highest BCUT2D eigenvalue weighted by atomic mass is 16.5. The number of benzene rings is 2. The predicted molar refractivity (Wildman–Crippen MR) is 116 cm³/mol. The van der Waals surface area contributed by atoms with Crippen LogP contribution in [0.4, 0.5) is 0 Å². The van der Waals surface area contributed by atoms with Crippen molar-refractivity contribution in [3.63, 3.8) is 0 Å². The van der Waals surface area contributed by atoms with Gasteiger partial charge in [0.25, 0.3) is 11.8 Å². The maximum atomic E-state index is 12.5. The molecule has 1 aromatic heterocycles.